The molecule has 0 unspecified atom stereocenters. The molecule has 2 aromatic rings. The van der Waals surface area contributed by atoms with Crippen LogP contribution in [0.5, 0.6) is 5.75 Å². The Morgan fingerprint density at radius 1 is 0.786 bits per heavy atom. The lowest BCUT2D eigenvalue weighted by Crippen LogP contribution is -1.99. The van der Waals surface area contributed by atoms with Crippen molar-refractivity contribution < 1.29 is 9.13 Å². The molecule has 0 aliphatic rings. The third kappa shape index (κ3) is 8.81. The Balaban J connectivity index is 1.66. The summed E-state index contributed by atoms with van der Waals surface area (Å²) in [6.45, 7) is 2.74. The van der Waals surface area contributed by atoms with Gasteiger partial charge in [-0.05, 0) is 31.2 Å². The topological polar surface area (TPSA) is 35.0 Å². The van der Waals surface area contributed by atoms with Gasteiger partial charge in [0.1, 0.15) is 0 Å². The van der Waals surface area contributed by atoms with Crippen LogP contribution >= 0.6 is 0 Å². The van der Waals surface area contributed by atoms with E-state index in [0.29, 0.717) is 12.2 Å². The molecule has 0 fully saturated rings. The smallest absolute Gasteiger partial charge is 0.159 e. The molecule has 28 heavy (non-hydrogen) atoms. The van der Waals surface area contributed by atoms with Crippen molar-refractivity contribution in [2.45, 2.75) is 77.6 Å². The van der Waals surface area contributed by atoms with Crippen molar-refractivity contribution in [2.75, 3.05) is 13.3 Å². The first kappa shape index (κ1) is 22.3. The first-order valence-electron chi connectivity index (χ1n) is 10.9. The van der Waals surface area contributed by atoms with Gasteiger partial charge in [-0.3, -0.25) is 4.39 Å². The van der Waals surface area contributed by atoms with Gasteiger partial charge in [0.25, 0.3) is 0 Å². The molecule has 3 nitrogen and oxygen atoms in total. The van der Waals surface area contributed by atoms with Crippen LogP contribution in [0.3, 0.4) is 0 Å². The quantitative estimate of drug-likeness (QED) is 0.310. The van der Waals surface area contributed by atoms with Crippen LogP contribution in [0.4, 0.5) is 4.39 Å². The summed E-state index contributed by atoms with van der Waals surface area (Å²) in [6.07, 6.45) is 16.3. The van der Waals surface area contributed by atoms with E-state index in [4.69, 9.17) is 4.74 Å². The first-order valence-corrected chi connectivity index (χ1v) is 10.9. The van der Waals surface area contributed by atoms with Gasteiger partial charge in [0.15, 0.2) is 11.6 Å². The Labute approximate surface area is 169 Å². The van der Waals surface area contributed by atoms with Crippen LogP contribution in [0.15, 0.2) is 36.7 Å². The second-order valence-electron chi connectivity index (χ2n) is 7.41. The summed E-state index contributed by atoms with van der Waals surface area (Å²) in [7, 11) is 0. The Morgan fingerprint density at radius 2 is 1.43 bits per heavy atom. The molecule has 0 saturated carbocycles. The van der Waals surface area contributed by atoms with Crippen LogP contribution in [0, 0.1) is 0 Å². The van der Waals surface area contributed by atoms with E-state index in [-0.39, 0.29) is 6.67 Å². The molecule has 0 bridgehead atoms. The van der Waals surface area contributed by atoms with E-state index in [0.717, 1.165) is 37.2 Å². The first-order chi connectivity index (χ1) is 13.8. The lowest BCUT2D eigenvalue weighted by Gasteiger charge is -2.07. The van der Waals surface area contributed by atoms with Crippen LogP contribution < -0.4 is 4.74 Å². The predicted octanol–water partition coefficient (Wildman–Crippen LogP) is 6.96. The van der Waals surface area contributed by atoms with E-state index in [1.54, 1.807) is 12.4 Å². The second-order valence-corrected chi connectivity index (χ2v) is 7.41. The van der Waals surface area contributed by atoms with E-state index in [1.807, 2.05) is 12.1 Å². The maximum atomic E-state index is 12.2. The van der Waals surface area contributed by atoms with E-state index in [9.17, 15) is 4.39 Å². The van der Waals surface area contributed by atoms with Crippen molar-refractivity contribution in [3.63, 3.8) is 0 Å². The number of unbranched alkanes of at least 4 members (excludes halogenated alkanes) is 8. The number of aromatic nitrogens is 2. The van der Waals surface area contributed by atoms with Crippen molar-refractivity contribution in [3.8, 4) is 17.1 Å². The molecular weight excluding hydrogens is 351 g/mol. The van der Waals surface area contributed by atoms with E-state index in [1.165, 1.54) is 50.5 Å². The Morgan fingerprint density at radius 3 is 2.07 bits per heavy atom. The Hall–Kier alpha value is -1.97. The van der Waals surface area contributed by atoms with Gasteiger partial charge in [-0.1, -0.05) is 76.1 Å². The second kappa shape index (κ2) is 14.1. The largest absolute Gasteiger partial charge is 0.490 e. The summed E-state index contributed by atoms with van der Waals surface area (Å²) in [6, 6.07) is 8.20. The molecule has 1 heterocycles. The van der Waals surface area contributed by atoms with Gasteiger partial charge in [-0.15, -0.1) is 0 Å². The van der Waals surface area contributed by atoms with Gasteiger partial charge in [0, 0.05) is 5.56 Å². The van der Waals surface area contributed by atoms with Crippen molar-refractivity contribution >= 4 is 0 Å². The number of ether oxygens (including phenoxy) is 1. The molecule has 0 amide bonds. The van der Waals surface area contributed by atoms with Crippen LogP contribution in [0.1, 0.15) is 76.7 Å². The summed E-state index contributed by atoms with van der Waals surface area (Å²) >= 11 is 0. The molecule has 0 atom stereocenters. The SMILES string of the molecule is CCCCCCCCCCOc1cnc(-c2ccc(CCCCF)cc2)nc1. The van der Waals surface area contributed by atoms with Gasteiger partial charge in [-0.25, -0.2) is 9.97 Å². The van der Waals surface area contributed by atoms with E-state index >= 15 is 0 Å². The van der Waals surface area contributed by atoms with Crippen molar-refractivity contribution in [1.29, 1.82) is 0 Å². The summed E-state index contributed by atoms with van der Waals surface area (Å²) in [5, 5.41) is 0. The van der Waals surface area contributed by atoms with Crippen LogP contribution in [0.25, 0.3) is 11.4 Å². The van der Waals surface area contributed by atoms with Crippen LogP contribution in [0.2, 0.25) is 0 Å². The fraction of sp³-hybridized carbons (Fsp3) is 0.583. The molecule has 0 aliphatic heterocycles. The highest BCUT2D eigenvalue weighted by atomic mass is 19.1. The van der Waals surface area contributed by atoms with Gasteiger partial charge in [0.05, 0.1) is 25.7 Å². The number of rotatable bonds is 15. The zero-order chi connectivity index (χ0) is 19.9. The molecule has 1 aromatic carbocycles. The molecule has 2 rings (SSSR count). The minimum atomic E-state index is -0.237. The molecule has 0 spiro atoms. The predicted molar refractivity (Wildman–Crippen MR) is 114 cm³/mol. The van der Waals surface area contributed by atoms with Crippen LogP contribution in [-0.4, -0.2) is 23.2 Å². The summed E-state index contributed by atoms with van der Waals surface area (Å²) < 4.78 is 17.9. The Kier molecular flexibility index (Phi) is 11.2. The molecule has 0 N–H and O–H groups in total. The van der Waals surface area contributed by atoms with Gasteiger partial charge in [-0.2, -0.15) is 0 Å². The number of benzene rings is 1. The third-order valence-corrected chi connectivity index (χ3v) is 4.96. The van der Waals surface area contributed by atoms with Crippen LogP contribution in [-0.2, 0) is 6.42 Å². The average Bonchev–Trinajstić information content (AvgIpc) is 2.74. The van der Waals surface area contributed by atoms with E-state index < -0.39 is 0 Å². The lowest BCUT2D eigenvalue weighted by molar-refractivity contribution is 0.302. The van der Waals surface area contributed by atoms with Crippen molar-refractivity contribution in [3.05, 3.63) is 42.2 Å². The molecule has 0 radical (unpaired) electrons. The Bertz CT molecular complexity index is 628. The standard InChI is InChI=1S/C24H35FN2O/c1-2-3-4-5-6-7-8-11-18-28-23-19-26-24(27-20-23)22-15-13-21(14-16-22)12-9-10-17-25/h13-16,19-20H,2-12,17-18H2,1H3. The summed E-state index contributed by atoms with van der Waals surface area (Å²) in [4.78, 5) is 8.85. The highest BCUT2D eigenvalue weighted by Crippen LogP contribution is 2.18. The molecule has 4 heteroatoms. The average molecular weight is 387 g/mol. The molecule has 0 saturated heterocycles. The molecule has 1 aromatic heterocycles. The number of alkyl halides is 1. The lowest BCUT2D eigenvalue weighted by atomic mass is 10.1. The fourth-order valence-corrected chi connectivity index (χ4v) is 3.21. The molecule has 154 valence electrons. The van der Waals surface area contributed by atoms with Gasteiger partial charge >= 0.3 is 0 Å². The summed E-state index contributed by atoms with van der Waals surface area (Å²) in [5.74, 6) is 1.43. The number of hydrogen-bond donors (Lipinski definition) is 0. The fourth-order valence-electron chi connectivity index (χ4n) is 3.21. The monoisotopic (exact) mass is 386 g/mol. The highest BCUT2D eigenvalue weighted by Gasteiger charge is 2.03. The highest BCUT2D eigenvalue weighted by molar-refractivity contribution is 5.55. The minimum Gasteiger partial charge on any atom is -0.490 e. The molecule has 0 aliphatic carbocycles. The molecular formula is C24H35FN2O. The number of aryl methyl sites for hydroxylation is 1. The maximum absolute atomic E-state index is 12.2. The normalized spacial score (nSPS) is 10.9. The summed E-state index contributed by atoms with van der Waals surface area (Å²) in [5.41, 5.74) is 2.21. The zero-order valence-electron chi connectivity index (χ0n) is 17.3. The minimum absolute atomic E-state index is 0.237. The number of halogens is 1. The van der Waals surface area contributed by atoms with Crippen molar-refractivity contribution in [1.82, 2.24) is 9.97 Å². The maximum Gasteiger partial charge on any atom is 0.159 e. The van der Waals surface area contributed by atoms with Crippen molar-refractivity contribution in [2.24, 2.45) is 0 Å². The van der Waals surface area contributed by atoms with Gasteiger partial charge in [0.2, 0.25) is 0 Å². The van der Waals surface area contributed by atoms with E-state index in [2.05, 4.69) is 29.0 Å². The zero-order valence-corrected chi connectivity index (χ0v) is 17.3. The van der Waals surface area contributed by atoms with Gasteiger partial charge < -0.3 is 4.74 Å². The third-order valence-electron chi connectivity index (χ3n) is 4.96. The number of nitrogens with zero attached hydrogens (tertiary/aromatic N) is 2. The number of hydrogen-bond acceptors (Lipinski definition) is 3.